The first-order chi connectivity index (χ1) is 9.00. The monoisotopic (exact) mass is 260 g/mol. The summed E-state index contributed by atoms with van der Waals surface area (Å²) in [4.78, 5) is 11.1. The predicted molar refractivity (Wildman–Crippen MR) is 68.6 cm³/mol. The summed E-state index contributed by atoms with van der Waals surface area (Å²) in [6.45, 7) is 1.59. The third-order valence-corrected chi connectivity index (χ3v) is 2.98. The highest BCUT2D eigenvalue weighted by Crippen LogP contribution is 2.26. The van der Waals surface area contributed by atoms with Gasteiger partial charge in [0, 0.05) is 0 Å². The van der Waals surface area contributed by atoms with Gasteiger partial charge >= 0.3 is 5.97 Å². The van der Waals surface area contributed by atoms with Crippen LogP contribution in [0, 0.1) is 12.7 Å². The standard InChI is InChI=1S/C15H13FO3/c1-9-8-10(6-7-13(9)16)14(17)11-4-2-3-5-12(11)15(18)19/h2-8,14,17H,1H3,(H,18,19). The van der Waals surface area contributed by atoms with E-state index in [0.717, 1.165) is 0 Å². The fourth-order valence-corrected chi connectivity index (χ4v) is 1.95. The van der Waals surface area contributed by atoms with Crippen molar-refractivity contribution in [1.29, 1.82) is 0 Å². The number of carboxylic acid groups (broad SMARTS) is 1. The summed E-state index contributed by atoms with van der Waals surface area (Å²) in [6.07, 6.45) is -1.09. The van der Waals surface area contributed by atoms with Gasteiger partial charge in [0.2, 0.25) is 0 Å². The lowest BCUT2D eigenvalue weighted by molar-refractivity contribution is 0.0691. The molecule has 0 aliphatic heterocycles. The number of halogens is 1. The van der Waals surface area contributed by atoms with Gasteiger partial charge in [0.05, 0.1) is 5.56 Å². The van der Waals surface area contributed by atoms with E-state index in [2.05, 4.69) is 0 Å². The molecular formula is C15H13FO3. The molecule has 0 aromatic heterocycles. The Morgan fingerprint density at radius 2 is 1.89 bits per heavy atom. The molecule has 2 aromatic carbocycles. The fourth-order valence-electron chi connectivity index (χ4n) is 1.95. The maximum atomic E-state index is 13.2. The third kappa shape index (κ3) is 2.63. The van der Waals surface area contributed by atoms with Crippen molar-refractivity contribution in [2.24, 2.45) is 0 Å². The largest absolute Gasteiger partial charge is 0.478 e. The maximum absolute atomic E-state index is 13.2. The Balaban J connectivity index is 2.46. The summed E-state index contributed by atoms with van der Waals surface area (Å²) >= 11 is 0. The van der Waals surface area contributed by atoms with Crippen molar-refractivity contribution in [3.63, 3.8) is 0 Å². The average molecular weight is 260 g/mol. The van der Waals surface area contributed by atoms with Gasteiger partial charge < -0.3 is 10.2 Å². The van der Waals surface area contributed by atoms with E-state index in [-0.39, 0.29) is 11.4 Å². The maximum Gasteiger partial charge on any atom is 0.336 e. The van der Waals surface area contributed by atoms with Crippen LogP contribution in [-0.4, -0.2) is 16.2 Å². The molecule has 2 aromatic rings. The van der Waals surface area contributed by atoms with E-state index < -0.39 is 12.1 Å². The van der Waals surface area contributed by atoms with Crippen LogP contribution in [0.5, 0.6) is 0 Å². The zero-order valence-corrected chi connectivity index (χ0v) is 10.3. The van der Waals surface area contributed by atoms with Gasteiger partial charge in [-0.25, -0.2) is 9.18 Å². The van der Waals surface area contributed by atoms with Crippen molar-refractivity contribution in [2.45, 2.75) is 13.0 Å². The van der Waals surface area contributed by atoms with Crippen LogP contribution in [0.2, 0.25) is 0 Å². The Hall–Kier alpha value is -2.20. The number of hydrogen-bond donors (Lipinski definition) is 2. The Morgan fingerprint density at radius 1 is 1.21 bits per heavy atom. The van der Waals surface area contributed by atoms with E-state index in [1.165, 1.54) is 24.3 Å². The van der Waals surface area contributed by atoms with Crippen LogP contribution >= 0.6 is 0 Å². The number of aliphatic hydroxyl groups is 1. The average Bonchev–Trinajstić information content (AvgIpc) is 2.41. The molecule has 0 fully saturated rings. The van der Waals surface area contributed by atoms with Crippen LogP contribution in [0.15, 0.2) is 42.5 Å². The molecule has 2 rings (SSSR count). The van der Waals surface area contributed by atoms with E-state index in [1.807, 2.05) is 0 Å². The summed E-state index contributed by atoms with van der Waals surface area (Å²) in [5.74, 6) is -1.46. The first kappa shape index (κ1) is 13.2. The molecule has 0 aliphatic carbocycles. The second-order valence-electron chi connectivity index (χ2n) is 4.30. The molecule has 0 bridgehead atoms. The SMILES string of the molecule is Cc1cc(C(O)c2ccccc2C(=O)O)ccc1F. The molecule has 98 valence electrons. The summed E-state index contributed by atoms with van der Waals surface area (Å²) in [7, 11) is 0. The zero-order chi connectivity index (χ0) is 14.0. The molecule has 4 heteroatoms. The van der Waals surface area contributed by atoms with E-state index in [4.69, 9.17) is 5.11 Å². The van der Waals surface area contributed by atoms with Crippen LogP contribution in [0.3, 0.4) is 0 Å². The topological polar surface area (TPSA) is 57.5 Å². The normalized spacial score (nSPS) is 12.2. The lowest BCUT2D eigenvalue weighted by Gasteiger charge is -2.14. The highest BCUT2D eigenvalue weighted by molar-refractivity contribution is 5.89. The molecule has 0 radical (unpaired) electrons. The quantitative estimate of drug-likeness (QED) is 0.892. The lowest BCUT2D eigenvalue weighted by Crippen LogP contribution is -2.08. The van der Waals surface area contributed by atoms with E-state index in [1.54, 1.807) is 25.1 Å². The van der Waals surface area contributed by atoms with E-state index in [9.17, 15) is 14.3 Å². The van der Waals surface area contributed by atoms with Gasteiger partial charge in [0.25, 0.3) is 0 Å². The van der Waals surface area contributed by atoms with E-state index >= 15 is 0 Å². The Bertz CT molecular complexity index is 623. The molecule has 3 nitrogen and oxygen atoms in total. The molecule has 0 saturated heterocycles. The predicted octanol–water partition coefficient (Wildman–Crippen LogP) is 2.91. The summed E-state index contributed by atoms with van der Waals surface area (Å²) in [5, 5.41) is 19.3. The van der Waals surface area contributed by atoms with Gasteiger partial charge in [-0.3, -0.25) is 0 Å². The highest BCUT2D eigenvalue weighted by Gasteiger charge is 2.18. The van der Waals surface area contributed by atoms with Gasteiger partial charge in [-0.1, -0.05) is 30.3 Å². The summed E-state index contributed by atoms with van der Waals surface area (Å²) in [6, 6.07) is 10.4. The minimum Gasteiger partial charge on any atom is -0.478 e. The number of rotatable bonds is 3. The third-order valence-electron chi connectivity index (χ3n) is 2.98. The van der Waals surface area contributed by atoms with Crippen molar-refractivity contribution in [3.8, 4) is 0 Å². The molecule has 0 heterocycles. The van der Waals surface area contributed by atoms with Crippen molar-refractivity contribution in [1.82, 2.24) is 0 Å². The van der Waals surface area contributed by atoms with Gasteiger partial charge in [0.15, 0.2) is 0 Å². The van der Waals surface area contributed by atoms with Crippen molar-refractivity contribution >= 4 is 5.97 Å². The number of aromatic carboxylic acids is 1. The van der Waals surface area contributed by atoms with Crippen molar-refractivity contribution < 1.29 is 19.4 Å². The summed E-state index contributed by atoms with van der Waals surface area (Å²) in [5.41, 5.74) is 1.20. The van der Waals surface area contributed by atoms with Gasteiger partial charge in [0.1, 0.15) is 11.9 Å². The zero-order valence-electron chi connectivity index (χ0n) is 10.3. The molecule has 0 amide bonds. The smallest absolute Gasteiger partial charge is 0.336 e. The lowest BCUT2D eigenvalue weighted by atomic mass is 9.96. The molecule has 0 aliphatic rings. The second kappa shape index (κ2) is 5.20. The van der Waals surface area contributed by atoms with Crippen LogP contribution in [0.1, 0.15) is 33.2 Å². The van der Waals surface area contributed by atoms with Gasteiger partial charge in [-0.15, -0.1) is 0 Å². The van der Waals surface area contributed by atoms with Crippen LogP contribution in [-0.2, 0) is 0 Å². The van der Waals surface area contributed by atoms with Gasteiger partial charge in [-0.2, -0.15) is 0 Å². The molecule has 1 atom stereocenters. The number of carboxylic acids is 1. The second-order valence-corrected chi connectivity index (χ2v) is 4.30. The Kier molecular flexibility index (Phi) is 3.62. The number of hydrogen-bond acceptors (Lipinski definition) is 2. The van der Waals surface area contributed by atoms with Crippen LogP contribution in [0.4, 0.5) is 4.39 Å². The van der Waals surface area contributed by atoms with Crippen LogP contribution < -0.4 is 0 Å². The number of aliphatic hydroxyl groups excluding tert-OH is 1. The van der Waals surface area contributed by atoms with Crippen LogP contribution in [0.25, 0.3) is 0 Å². The first-order valence-corrected chi connectivity index (χ1v) is 5.77. The van der Waals surface area contributed by atoms with Crippen molar-refractivity contribution in [3.05, 3.63) is 70.5 Å². The highest BCUT2D eigenvalue weighted by atomic mass is 19.1. The molecule has 1 unspecified atom stereocenters. The van der Waals surface area contributed by atoms with Crippen molar-refractivity contribution in [2.75, 3.05) is 0 Å². The molecular weight excluding hydrogens is 247 g/mol. The minimum absolute atomic E-state index is 0.0389. The first-order valence-electron chi connectivity index (χ1n) is 5.77. The number of carbonyl (C=O) groups is 1. The fraction of sp³-hybridized carbons (Fsp3) is 0.133. The molecule has 2 N–H and O–H groups in total. The van der Waals surface area contributed by atoms with E-state index in [0.29, 0.717) is 16.7 Å². The number of aryl methyl sites for hydroxylation is 1. The number of benzene rings is 2. The summed E-state index contributed by atoms with van der Waals surface area (Å²) < 4.78 is 13.2. The molecule has 0 spiro atoms. The minimum atomic E-state index is -1.10. The molecule has 0 saturated carbocycles. The Labute approximate surface area is 109 Å². The molecule has 19 heavy (non-hydrogen) atoms. The van der Waals surface area contributed by atoms with Gasteiger partial charge in [-0.05, 0) is 35.7 Å². The Morgan fingerprint density at radius 3 is 2.53 bits per heavy atom.